The van der Waals surface area contributed by atoms with Gasteiger partial charge in [-0.3, -0.25) is 0 Å². The first-order valence-corrected chi connectivity index (χ1v) is 8.02. The lowest BCUT2D eigenvalue weighted by atomic mass is 10.1. The average Bonchev–Trinajstić information content (AvgIpc) is 3.27. The van der Waals surface area contributed by atoms with Crippen molar-refractivity contribution in [3.63, 3.8) is 0 Å². The molecule has 1 aliphatic heterocycles. The molecule has 0 amide bonds. The highest BCUT2D eigenvalue weighted by molar-refractivity contribution is 5.79. The highest BCUT2D eigenvalue weighted by Crippen LogP contribution is 2.28. The molecule has 6 nitrogen and oxygen atoms in total. The molecule has 120 valence electrons. The molecule has 0 aromatic carbocycles. The number of aliphatic hydroxyl groups is 1. The monoisotopic (exact) mass is 319 g/mol. The van der Waals surface area contributed by atoms with Gasteiger partial charge in [0.15, 0.2) is 0 Å². The summed E-state index contributed by atoms with van der Waals surface area (Å²) in [5.74, 6) is 0.875. The molecule has 1 aliphatic rings. The Morgan fingerprint density at radius 3 is 3.08 bits per heavy atom. The van der Waals surface area contributed by atoms with Crippen molar-refractivity contribution < 1.29 is 5.11 Å². The Morgan fingerprint density at radius 1 is 1.33 bits per heavy atom. The van der Waals surface area contributed by atoms with Gasteiger partial charge in [-0.2, -0.15) is 10.4 Å². The number of fused-ring (bicyclic) bond motifs is 1. The third kappa shape index (κ3) is 2.39. The van der Waals surface area contributed by atoms with Crippen molar-refractivity contribution in [3.8, 4) is 17.3 Å². The summed E-state index contributed by atoms with van der Waals surface area (Å²) in [6.45, 7) is 1.06. The van der Waals surface area contributed by atoms with Crippen LogP contribution in [0.4, 0.5) is 5.82 Å². The first-order valence-electron chi connectivity index (χ1n) is 8.02. The fourth-order valence-corrected chi connectivity index (χ4v) is 3.31. The van der Waals surface area contributed by atoms with Crippen LogP contribution in [0, 0.1) is 11.3 Å². The maximum atomic E-state index is 9.54. The van der Waals surface area contributed by atoms with Crippen molar-refractivity contribution in [1.29, 1.82) is 5.26 Å². The quantitative estimate of drug-likeness (QED) is 0.801. The molecule has 0 bridgehead atoms. The number of nitrogens with zero attached hydrogens (tertiary/aromatic N) is 5. The minimum atomic E-state index is 0.141. The zero-order valence-corrected chi connectivity index (χ0v) is 13.1. The summed E-state index contributed by atoms with van der Waals surface area (Å²) in [5.41, 5.74) is 3.17. The van der Waals surface area contributed by atoms with Crippen LogP contribution in [-0.4, -0.2) is 38.9 Å². The number of aliphatic hydroxyl groups excluding tert-OH is 1. The van der Waals surface area contributed by atoms with Gasteiger partial charge in [-0.15, -0.1) is 0 Å². The van der Waals surface area contributed by atoms with Crippen molar-refractivity contribution in [2.75, 3.05) is 18.1 Å². The number of rotatable bonds is 3. The second kappa shape index (κ2) is 5.95. The van der Waals surface area contributed by atoms with Gasteiger partial charge in [0.2, 0.25) is 0 Å². The summed E-state index contributed by atoms with van der Waals surface area (Å²) in [6, 6.07) is 11.8. The fourth-order valence-electron chi connectivity index (χ4n) is 3.31. The van der Waals surface area contributed by atoms with E-state index in [0.717, 1.165) is 42.0 Å². The number of aromatic nitrogens is 3. The number of anilines is 1. The van der Waals surface area contributed by atoms with E-state index in [4.69, 9.17) is 10.2 Å². The number of hydrogen-bond acceptors (Lipinski definition) is 5. The van der Waals surface area contributed by atoms with Gasteiger partial charge in [-0.1, -0.05) is 6.07 Å². The van der Waals surface area contributed by atoms with E-state index in [-0.39, 0.29) is 12.6 Å². The van der Waals surface area contributed by atoms with E-state index in [9.17, 15) is 5.11 Å². The van der Waals surface area contributed by atoms with E-state index in [1.807, 2.05) is 24.3 Å². The van der Waals surface area contributed by atoms with Gasteiger partial charge in [0.05, 0.1) is 41.7 Å². The zero-order chi connectivity index (χ0) is 16.5. The van der Waals surface area contributed by atoms with Gasteiger partial charge in [0, 0.05) is 18.3 Å². The predicted octanol–water partition coefficient (Wildman–Crippen LogP) is 2.23. The number of pyridine rings is 2. The SMILES string of the molecule is N#Cc1ccn2ncc(-c3cccc(N4CCCC4CO)n3)c2c1. The van der Waals surface area contributed by atoms with Gasteiger partial charge in [-0.25, -0.2) is 9.50 Å². The highest BCUT2D eigenvalue weighted by Gasteiger charge is 2.25. The molecule has 3 aromatic heterocycles. The molecular formula is C18H17N5O. The van der Waals surface area contributed by atoms with Crippen molar-refractivity contribution in [2.24, 2.45) is 0 Å². The van der Waals surface area contributed by atoms with E-state index in [1.54, 1.807) is 23.0 Å². The Hall–Kier alpha value is -2.91. The van der Waals surface area contributed by atoms with Crippen molar-refractivity contribution in [1.82, 2.24) is 14.6 Å². The van der Waals surface area contributed by atoms with Crippen LogP contribution in [0.1, 0.15) is 18.4 Å². The summed E-state index contributed by atoms with van der Waals surface area (Å²) in [7, 11) is 0. The van der Waals surface area contributed by atoms with E-state index >= 15 is 0 Å². The third-order valence-electron chi connectivity index (χ3n) is 4.54. The average molecular weight is 319 g/mol. The highest BCUT2D eigenvalue weighted by atomic mass is 16.3. The fraction of sp³-hybridized carbons (Fsp3) is 0.278. The molecule has 1 fully saturated rings. The summed E-state index contributed by atoms with van der Waals surface area (Å²) in [4.78, 5) is 6.94. The van der Waals surface area contributed by atoms with E-state index < -0.39 is 0 Å². The van der Waals surface area contributed by atoms with E-state index in [1.165, 1.54) is 0 Å². The summed E-state index contributed by atoms with van der Waals surface area (Å²) in [6.07, 6.45) is 5.61. The maximum absolute atomic E-state index is 9.54. The molecule has 0 radical (unpaired) electrons. The molecule has 4 rings (SSSR count). The summed E-state index contributed by atoms with van der Waals surface area (Å²) < 4.78 is 1.75. The normalized spacial score (nSPS) is 17.3. The van der Waals surface area contributed by atoms with Crippen LogP contribution in [0.3, 0.4) is 0 Å². The molecule has 3 aromatic rings. The van der Waals surface area contributed by atoms with E-state index in [2.05, 4.69) is 16.1 Å². The Morgan fingerprint density at radius 2 is 2.25 bits per heavy atom. The predicted molar refractivity (Wildman–Crippen MR) is 90.6 cm³/mol. The topological polar surface area (TPSA) is 77.5 Å². The Balaban J connectivity index is 1.78. The Labute approximate surface area is 139 Å². The van der Waals surface area contributed by atoms with Gasteiger partial charge >= 0.3 is 0 Å². The first kappa shape index (κ1) is 14.7. The zero-order valence-electron chi connectivity index (χ0n) is 13.1. The van der Waals surface area contributed by atoms with Crippen LogP contribution in [0.2, 0.25) is 0 Å². The van der Waals surface area contributed by atoms with Crippen molar-refractivity contribution in [2.45, 2.75) is 18.9 Å². The molecule has 1 saturated heterocycles. The molecule has 0 saturated carbocycles. The molecule has 0 spiro atoms. The number of nitriles is 1. The van der Waals surface area contributed by atoms with Gasteiger partial charge in [0.1, 0.15) is 5.82 Å². The Kier molecular flexibility index (Phi) is 3.63. The van der Waals surface area contributed by atoms with Crippen LogP contribution in [-0.2, 0) is 0 Å². The summed E-state index contributed by atoms with van der Waals surface area (Å²) in [5, 5.41) is 23.0. The molecule has 1 N–H and O–H groups in total. The molecule has 0 aliphatic carbocycles. The van der Waals surface area contributed by atoms with Crippen molar-refractivity contribution >= 4 is 11.3 Å². The maximum Gasteiger partial charge on any atom is 0.129 e. The van der Waals surface area contributed by atoms with Crippen LogP contribution in [0.15, 0.2) is 42.7 Å². The second-order valence-corrected chi connectivity index (χ2v) is 5.97. The van der Waals surface area contributed by atoms with Crippen molar-refractivity contribution in [3.05, 3.63) is 48.3 Å². The van der Waals surface area contributed by atoms with Gasteiger partial charge < -0.3 is 10.0 Å². The van der Waals surface area contributed by atoms with Crippen LogP contribution >= 0.6 is 0 Å². The largest absolute Gasteiger partial charge is 0.394 e. The smallest absolute Gasteiger partial charge is 0.129 e. The van der Waals surface area contributed by atoms with Crippen LogP contribution in [0.25, 0.3) is 16.8 Å². The molecule has 1 atom stereocenters. The molecular weight excluding hydrogens is 302 g/mol. The lowest BCUT2D eigenvalue weighted by Gasteiger charge is -2.24. The third-order valence-corrected chi connectivity index (χ3v) is 4.54. The van der Waals surface area contributed by atoms with Crippen LogP contribution in [0.5, 0.6) is 0 Å². The minimum absolute atomic E-state index is 0.141. The molecule has 6 heteroatoms. The number of hydrogen-bond donors (Lipinski definition) is 1. The molecule has 4 heterocycles. The Bertz CT molecular complexity index is 927. The van der Waals surface area contributed by atoms with Gasteiger partial charge in [-0.05, 0) is 37.1 Å². The van der Waals surface area contributed by atoms with Crippen LogP contribution < -0.4 is 4.90 Å². The van der Waals surface area contributed by atoms with Gasteiger partial charge in [0.25, 0.3) is 0 Å². The lowest BCUT2D eigenvalue weighted by molar-refractivity contribution is 0.266. The molecule has 24 heavy (non-hydrogen) atoms. The second-order valence-electron chi connectivity index (χ2n) is 5.97. The first-order chi connectivity index (χ1) is 11.8. The molecule has 1 unspecified atom stereocenters. The minimum Gasteiger partial charge on any atom is -0.394 e. The lowest BCUT2D eigenvalue weighted by Crippen LogP contribution is -2.32. The standard InChI is InChI=1S/C18H17N5O/c19-10-13-6-8-23-17(9-13)15(11-20-23)16-4-1-5-18(21-16)22-7-2-3-14(22)12-24/h1,4-6,8-9,11,14,24H,2-3,7,12H2. The summed E-state index contributed by atoms with van der Waals surface area (Å²) >= 11 is 0. The van der Waals surface area contributed by atoms with E-state index in [0.29, 0.717) is 5.56 Å².